The second-order valence-electron chi connectivity index (χ2n) is 5.35. The van der Waals surface area contributed by atoms with Crippen molar-refractivity contribution >= 4 is 8.80 Å². The van der Waals surface area contributed by atoms with E-state index in [0.29, 0.717) is 19.8 Å². The molecular formula is C17H30O3Si. The molecule has 1 aromatic carbocycles. The summed E-state index contributed by atoms with van der Waals surface area (Å²) in [5.41, 5.74) is 5.41. The monoisotopic (exact) mass is 310 g/mol. The lowest BCUT2D eigenvalue weighted by Crippen LogP contribution is -2.46. The highest BCUT2D eigenvalue weighted by Gasteiger charge is 2.39. The van der Waals surface area contributed by atoms with Gasteiger partial charge in [-0.05, 0) is 64.7 Å². The van der Waals surface area contributed by atoms with Gasteiger partial charge in [-0.1, -0.05) is 17.7 Å². The number of benzene rings is 1. The molecule has 0 aliphatic heterocycles. The van der Waals surface area contributed by atoms with Gasteiger partial charge < -0.3 is 13.3 Å². The fraction of sp³-hybridized carbons (Fsp3) is 0.647. The summed E-state index contributed by atoms with van der Waals surface area (Å²) in [7, 11) is -2.54. The van der Waals surface area contributed by atoms with Crippen molar-refractivity contribution in [3.05, 3.63) is 34.4 Å². The molecular weight excluding hydrogens is 280 g/mol. The molecule has 0 amide bonds. The Morgan fingerprint density at radius 3 is 1.86 bits per heavy atom. The van der Waals surface area contributed by atoms with Crippen LogP contribution in [-0.4, -0.2) is 28.6 Å². The van der Waals surface area contributed by atoms with Crippen LogP contribution < -0.4 is 0 Å². The lowest BCUT2D eigenvalue weighted by atomic mass is 9.99. The largest absolute Gasteiger partial charge is 0.501 e. The van der Waals surface area contributed by atoms with E-state index >= 15 is 0 Å². The molecule has 0 aliphatic rings. The minimum Gasteiger partial charge on any atom is -0.374 e. The quantitative estimate of drug-likeness (QED) is 0.640. The third-order valence-electron chi connectivity index (χ3n) is 3.71. The summed E-state index contributed by atoms with van der Waals surface area (Å²) in [5, 5.41) is 0. The van der Waals surface area contributed by atoms with E-state index in [1.165, 1.54) is 22.3 Å². The zero-order valence-corrected chi connectivity index (χ0v) is 15.4. The Kier molecular flexibility index (Phi) is 7.60. The second-order valence-corrected chi connectivity index (χ2v) is 8.08. The molecule has 0 aliphatic carbocycles. The first-order valence-corrected chi connectivity index (χ1v) is 9.89. The molecule has 0 saturated carbocycles. The summed E-state index contributed by atoms with van der Waals surface area (Å²) in [6.45, 7) is 14.4. The van der Waals surface area contributed by atoms with Crippen molar-refractivity contribution in [2.75, 3.05) is 19.8 Å². The van der Waals surface area contributed by atoms with E-state index in [1.807, 2.05) is 20.8 Å². The Morgan fingerprint density at radius 2 is 1.38 bits per heavy atom. The van der Waals surface area contributed by atoms with Crippen molar-refractivity contribution < 1.29 is 13.3 Å². The highest BCUT2D eigenvalue weighted by Crippen LogP contribution is 2.23. The highest BCUT2D eigenvalue weighted by atomic mass is 28.4. The second kappa shape index (κ2) is 8.69. The van der Waals surface area contributed by atoms with Crippen molar-refractivity contribution in [2.45, 2.75) is 54.0 Å². The van der Waals surface area contributed by atoms with Gasteiger partial charge in [0, 0.05) is 25.9 Å². The first kappa shape index (κ1) is 18.4. The standard InChI is InChI=1S/C17H30O3Si/c1-7-18-21(19-8-2,20-9-3)11-10-17-13-14(4)12-15(5)16(17)6/h12-13H,7-11H2,1-6H3. The molecule has 0 spiro atoms. The zero-order valence-electron chi connectivity index (χ0n) is 14.4. The van der Waals surface area contributed by atoms with Gasteiger partial charge in [-0.3, -0.25) is 0 Å². The third-order valence-corrected chi connectivity index (χ3v) is 6.76. The van der Waals surface area contributed by atoms with Gasteiger partial charge in [0.1, 0.15) is 0 Å². The molecule has 21 heavy (non-hydrogen) atoms. The Morgan fingerprint density at radius 1 is 0.857 bits per heavy atom. The Balaban J connectivity index is 2.90. The SMILES string of the molecule is CCO[Si](CCc1cc(C)cc(C)c1C)(OCC)OCC. The van der Waals surface area contributed by atoms with E-state index in [1.54, 1.807) is 0 Å². The average Bonchev–Trinajstić information content (AvgIpc) is 2.42. The summed E-state index contributed by atoms with van der Waals surface area (Å²) in [5.74, 6) is 0. The predicted molar refractivity (Wildman–Crippen MR) is 89.8 cm³/mol. The minimum absolute atomic E-state index is 0.637. The maximum absolute atomic E-state index is 5.93. The molecule has 0 aromatic heterocycles. The fourth-order valence-corrected chi connectivity index (χ4v) is 5.25. The predicted octanol–water partition coefficient (Wildman–Crippen LogP) is 4.20. The summed E-state index contributed by atoms with van der Waals surface area (Å²) in [6, 6.07) is 5.34. The molecule has 4 heteroatoms. The Hall–Kier alpha value is -0.683. The summed E-state index contributed by atoms with van der Waals surface area (Å²) >= 11 is 0. The van der Waals surface area contributed by atoms with Crippen LogP contribution in [0.3, 0.4) is 0 Å². The van der Waals surface area contributed by atoms with Crippen LogP contribution in [-0.2, 0) is 19.7 Å². The van der Waals surface area contributed by atoms with E-state index in [9.17, 15) is 0 Å². The molecule has 0 fully saturated rings. The van der Waals surface area contributed by atoms with E-state index in [4.69, 9.17) is 13.3 Å². The van der Waals surface area contributed by atoms with E-state index in [0.717, 1.165) is 12.5 Å². The first-order valence-electron chi connectivity index (χ1n) is 7.96. The van der Waals surface area contributed by atoms with Gasteiger partial charge in [0.05, 0.1) is 0 Å². The smallest absolute Gasteiger partial charge is 0.374 e. The average molecular weight is 311 g/mol. The van der Waals surface area contributed by atoms with Crippen LogP contribution in [0.25, 0.3) is 0 Å². The van der Waals surface area contributed by atoms with Crippen LogP contribution in [0.15, 0.2) is 12.1 Å². The Labute approximate surface area is 131 Å². The van der Waals surface area contributed by atoms with Gasteiger partial charge >= 0.3 is 8.80 Å². The molecule has 0 saturated heterocycles. The zero-order chi connectivity index (χ0) is 15.9. The van der Waals surface area contributed by atoms with Crippen molar-refractivity contribution in [1.29, 1.82) is 0 Å². The van der Waals surface area contributed by atoms with E-state index in [2.05, 4.69) is 32.9 Å². The molecule has 3 nitrogen and oxygen atoms in total. The summed E-state index contributed by atoms with van der Waals surface area (Å²) in [6.07, 6.45) is 0.945. The molecule has 120 valence electrons. The highest BCUT2D eigenvalue weighted by molar-refractivity contribution is 6.60. The van der Waals surface area contributed by atoms with Crippen LogP contribution in [0.2, 0.25) is 6.04 Å². The molecule has 1 aromatic rings. The number of hydrogen-bond acceptors (Lipinski definition) is 3. The normalized spacial score (nSPS) is 11.9. The summed E-state index contributed by atoms with van der Waals surface area (Å²) < 4.78 is 17.8. The van der Waals surface area contributed by atoms with Crippen molar-refractivity contribution in [1.82, 2.24) is 0 Å². The molecule has 1 rings (SSSR count). The van der Waals surface area contributed by atoms with E-state index in [-0.39, 0.29) is 0 Å². The third kappa shape index (κ3) is 5.22. The topological polar surface area (TPSA) is 27.7 Å². The van der Waals surface area contributed by atoms with Crippen molar-refractivity contribution in [3.8, 4) is 0 Å². The molecule has 0 bridgehead atoms. The maximum atomic E-state index is 5.93. The van der Waals surface area contributed by atoms with Gasteiger partial charge in [-0.2, -0.15) is 0 Å². The van der Waals surface area contributed by atoms with Gasteiger partial charge in [-0.25, -0.2) is 0 Å². The molecule has 0 unspecified atom stereocenters. The van der Waals surface area contributed by atoms with Crippen LogP contribution in [0.5, 0.6) is 0 Å². The number of hydrogen-bond donors (Lipinski definition) is 0. The molecule has 0 atom stereocenters. The lowest BCUT2D eigenvalue weighted by Gasteiger charge is -2.28. The van der Waals surface area contributed by atoms with Crippen LogP contribution in [0.1, 0.15) is 43.0 Å². The van der Waals surface area contributed by atoms with Crippen LogP contribution in [0.4, 0.5) is 0 Å². The van der Waals surface area contributed by atoms with Gasteiger partial charge in [0.25, 0.3) is 0 Å². The fourth-order valence-electron chi connectivity index (χ4n) is 2.68. The lowest BCUT2D eigenvalue weighted by molar-refractivity contribution is 0.0714. The molecule has 0 N–H and O–H groups in total. The first-order chi connectivity index (χ1) is 9.98. The van der Waals surface area contributed by atoms with Crippen LogP contribution >= 0.6 is 0 Å². The van der Waals surface area contributed by atoms with Crippen LogP contribution in [0, 0.1) is 20.8 Å². The summed E-state index contributed by atoms with van der Waals surface area (Å²) in [4.78, 5) is 0. The van der Waals surface area contributed by atoms with Gasteiger partial charge in [0.2, 0.25) is 0 Å². The molecule has 0 radical (unpaired) electrons. The van der Waals surface area contributed by atoms with Gasteiger partial charge in [-0.15, -0.1) is 0 Å². The number of rotatable bonds is 9. The van der Waals surface area contributed by atoms with Gasteiger partial charge in [0.15, 0.2) is 0 Å². The number of aryl methyl sites for hydroxylation is 3. The van der Waals surface area contributed by atoms with Crippen molar-refractivity contribution in [2.24, 2.45) is 0 Å². The van der Waals surface area contributed by atoms with E-state index < -0.39 is 8.80 Å². The molecule has 0 heterocycles. The maximum Gasteiger partial charge on any atom is 0.501 e. The Bertz CT molecular complexity index is 429. The van der Waals surface area contributed by atoms with Crippen molar-refractivity contribution in [3.63, 3.8) is 0 Å². The minimum atomic E-state index is -2.54.